The molecule has 2 amide bonds. The van der Waals surface area contributed by atoms with Crippen molar-refractivity contribution >= 4 is 29.1 Å². The van der Waals surface area contributed by atoms with Crippen molar-refractivity contribution < 1.29 is 13.9 Å². The molecule has 0 unspecified atom stereocenters. The Morgan fingerprint density at radius 1 is 1.31 bits per heavy atom. The van der Waals surface area contributed by atoms with Crippen molar-refractivity contribution in [1.82, 2.24) is 15.6 Å². The van der Waals surface area contributed by atoms with Crippen molar-refractivity contribution in [2.45, 2.75) is 45.1 Å². The fraction of sp³-hybridized carbons (Fsp3) is 0.458. The van der Waals surface area contributed by atoms with Gasteiger partial charge in [-0.2, -0.15) is 0 Å². The van der Waals surface area contributed by atoms with Crippen LogP contribution in [0.5, 0.6) is 5.75 Å². The van der Waals surface area contributed by atoms with E-state index in [0.717, 1.165) is 37.1 Å². The standard InChI is InChI=1S/C24H29FN4O2S/c1-16(18-10-11-20(25)21(13-18)31-15-17-8-9-17)26-12-3-2-5-19-6-4-7-22(27-19)29-14-23(32)28-24(29)30/h4,6-7,10-11,13,16-17,26H,2-3,5,8-9,12,14-15H2,1H3,(H,28,30,32)/t16-/m1/s1. The topological polar surface area (TPSA) is 66.5 Å². The zero-order chi connectivity index (χ0) is 22.5. The zero-order valence-electron chi connectivity index (χ0n) is 18.3. The normalized spacial score (nSPS) is 16.9. The number of carbonyl (C=O) groups excluding carboxylic acids is 1. The van der Waals surface area contributed by atoms with Gasteiger partial charge in [-0.1, -0.05) is 24.4 Å². The first kappa shape index (κ1) is 22.6. The number of nitrogens with zero attached hydrogens (tertiary/aromatic N) is 2. The van der Waals surface area contributed by atoms with E-state index < -0.39 is 0 Å². The van der Waals surface area contributed by atoms with Crippen LogP contribution in [0.3, 0.4) is 0 Å². The average molecular weight is 457 g/mol. The third-order valence-electron chi connectivity index (χ3n) is 5.80. The number of nitrogens with one attached hydrogen (secondary N) is 2. The largest absolute Gasteiger partial charge is 0.490 e. The molecule has 0 spiro atoms. The van der Waals surface area contributed by atoms with Crippen LogP contribution < -0.4 is 20.3 Å². The van der Waals surface area contributed by atoms with Gasteiger partial charge >= 0.3 is 6.03 Å². The van der Waals surface area contributed by atoms with Crippen molar-refractivity contribution in [3.8, 4) is 5.75 Å². The second-order valence-electron chi connectivity index (χ2n) is 8.50. The van der Waals surface area contributed by atoms with Gasteiger partial charge in [0.2, 0.25) is 0 Å². The number of hydrogen-bond donors (Lipinski definition) is 2. The average Bonchev–Trinajstić information content (AvgIpc) is 3.55. The lowest BCUT2D eigenvalue weighted by molar-refractivity contribution is 0.253. The van der Waals surface area contributed by atoms with Crippen LogP contribution in [-0.4, -0.2) is 35.7 Å². The van der Waals surface area contributed by atoms with Crippen LogP contribution in [0.4, 0.5) is 15.0 Å². The predicted octanol–water partition coefficient (Wildman–Crippen LogP) is 4.54. The minimum atomic E-state index is -0.301. The van der Waals surface area contributed by atoms with Gasteiger partial charge in [-0.25, -0.2) is 14.2 Å². The van der Waals surface area contributed by atoms with E-state index in [1.807, 2.05) is 30.3 Å². The summed E-state index contributed by atoms with van der Waals surface area (Å²) in [6, 6.07) is 10.7. The molecule has 1 aromatic carbocycles. The van der Waals surface area contributed by atoms with Crippen molar-refractivity contribution in [2.24, 2.45) is 5.92 Å². The highest BCUT2D eigenvalue weighted by Gasteiger charge is 2.26. The highest BCUT2D eigenvalue weighted by Crippen LogP contribution is 2.31. The number of rotatable bonds is 11. The molecule has 2 aromatic rings. The highest BCUT2D eigenvalue weighted by atomic mass is 32.1. The van der Waals surface area contributed by atoms with Gasteiger partial charge in [0.25, 0.3) is 0 Å². The Bertz CT molecular complexity index is 982. The number of aryl methyl sites for hydroxylation is 1. The number of thiocarbonyl (C=S) groups is 1. The van der Waals surface area contributed by atoms with Gasteiger partial charge in [-0.15, -0.1) is 0 Å². The lowest BCUT2D eigenvalue weighted by atomic mass is 10.1. The summed E-state index contributed by atoms with van der Waals surface area (Å²) >= 11 is 5.07. The number of anilines is 1. The van der Waals surface area contributed by atoms with Crippen LogP contribution in [0.25, 0.3) is 0 Å². The number of urea groups is 1. The summed E-state index contributed by atoms with van der Waals surface area (Å²) in [7, 11) is 0. The summed E-state index contributed by atoms with van der Waals surface area (Å²) in [4.78, 5) is 18.6. The van der Waals surface area contributed by atoms with Gasteiger partial charge in [0, 0.05) is 11.7 Å². The third kappa shape index (κ3) is 6.01. The van der Waals surface area contributed by atoms with E-state index in [-0.39, 0.29) is 17.9 Å². The summed E-state index contributed by atoms with van der Waals surface area (Å²) in [6.45, 7) is 3.91. The maximum Gasteiger partial charge on any atom is 0.328 e. The molecule has 170 valence electrons. The van der Waals surface area contributed by atoms with E-state index in [9.17, 15) is 9.18 Å². The predicted molar refractivity (Wildman–Crippen MR) is 127 cm³/mol. The van der Waals surface area contributed by atoms with E-state index in [0.29, 0.717) is 35.6 Å². The molecule has 1 aromatic heterocycles. The maximum atomic E-state index is 14.0. The van der Waals surface area contributed by atoms with Gasteiger partial charge in [0.05, 0.1) is 13.2 Å². The summed E-state index contributed by atoms with van der Waals surface area (Å²) in [5.41, 5.74) is 1.98. The molecular weight excluding hydrogens is 427 g/mol. The first-order valence-corrected chi connectivity index (χ1v) is 11.6. The number of pyridine rings is 1. The fourth-order valence-electron chi connectivity index (χ4n) is 3.64. The Morgan fingerprint density at radius 3 is 2.91 bits per heavy atom. The first-order valence-electron chi connectivity index (χ1n) is 11.2. The summed E-state index contributed by atoms with van der Waals surface area (Å²) in [6.07, 6.45) is 5.15. The fourth-order valence-corrected chi connectivity index (χ4v) is 3.86. The number of unbranched alkanes of at least 4 members (excludes halogenated alkanes) is 1. The van der Waals surface area contributed by atoms with E-state index in [4.69, 9.17) is 17.0 Å². The number of ether oxygens (including phenoxy) is 1. The molecule has 2 aliphatic rings. The van der Waals surface area contributed by atoms with E-state index >= 15 is 0 Å². The molecule has 0 radical (unpaired) electrons. The minimum absolute atomic E-state index is 0.109. The van der Waals surface area contributed by atoms with Crippen molar-refractivity contribution in [3.05, 3.63) is 53.5 Å². The molecular formula is C24H29FN4O2S. The Morgan fingerprint density at radius 2 is 2.16 bits per heavy atom. The van der Waals surface area contributed by atoms with E-state index in [1.165, 1.54) is 18.9 Å². The minimum Gasteiger partial charge on any atom is -0.490 e. The lowest BCUT2D eigenvalue weighted by Gasteiger charge is -2.16. The number of benzene rings is 1. The molecule has 4 rings (SSSR count). The van der Waals surface area contributed by atoms with Crippen molar-refractivity contribution in [3.63, 3.8) is 0 Å². The van der Waals surface area contributed by atoms with Gasteiger partial charge < -0.3 is 15.4 Å². The zero-order valence-corrected chi connectivity index (χ0v) is 19.1. The molecule has 1 saturated heterocycles. The van der Waals surface area contributed by atoms with Crippen LogP contribution >= 0.6 is 12.2 Å². The molecule has 32 heavy (non-hydrogen) atoms. The Balaban J connectivity index is 1.21. The number of aromatic nitrogens is 1. The van der Waals surface area contributed by atoms with Crippen molar-refractivity contribution in [2.75, 3.05) is 24.6 Å². The molecule has 1 aliphatic carbocycles. The van der Waals surface area contributed by atoms with Crippen LogP contribution in [0.2, 0.25) is 0 Å². The molecule has 6 nitrogen and oxygen atoms in total. The lowest BCUT2D eigenvalue weighted by Crippen LogP contribution is -2.28. The summed E-state index contributed by atoms with van der Waals surface area (Å²) in [5, 5.41) is 6.13. The van der Waals surface area contributed by atoms with Gasteiger partial charge in [-0.05, 0) is 81.3 Å². The maximum absolute atomic E-state index is 14.0. The van der Waals surface area contributed by atoms with Crippen molar-refractivity contribution in [1.29, 1.82) is 0 Å². The van der Waals surface area contributed by atoms with Crippen LogP contribution in [0, 0.1) is 11.7 Å². The number of carbonyl (C=O) groups is 1. The van der Waals surface area contributed by atoms with Crippen LogP contribution in [-0.2, 0) is 6.42 Å². The van der Waals surface area contributed by atoms with Crippen LogP contribution in [0.15, 0.2) is 36.4 Å². The Kier molecular flexibility index (Phi) is 7.32. The molecule has 8 heteroatoms. The second-order valence-corrected chi connectivity index (χ2v) is 9.00. The van der Waals surface area contributed by atoms with Gasteiger partial charge in [-0.3, -0.25) is 4.90 Å². The number of amides is 2. The Hall–Kier alpha value is -2.58. The molecule has 2 N–H and O–H groups in total. The van der Waals surface area contributed by atoms with Gasteiger partial charge in [0.1, 0.15) is 10.8 Å². The molecule has 1 aliphatic heterocycles. The molecule has 1 saturated carbocycles. The number of hydrogen-bond acceptors (Lipinski definition) is 5. The van der Waals surface area contributed by atoms with Gasteiger partial charge in [0.15, 0.2) is 11.6 Å². The Labute approximate surface area is 193 Å². The second kappa shape index (κ2) is 10.4. The molecule has 0 bridgehead atoms. The quantitative estimate of drug-likeness (QED) is 0.384. The molecule has 1 atom stereocenters. The highest BCUT2D eigenvalue weighted by molar-refractivity contribution is 7.80. The summed E-state index contributed by atoms with van der Waals surface area (Å²) in [5.74, 6) is 1.27. The smallest absolute Gasteiger partial charge is 0.328 e. The monoisotopic (exact) mass is 456 g/mol. The molecule has 2 heterocycles. The van der Waals surface area contributed by atoms with E-state index in [1.54, 1.807) is 4.90 Å². The SMILES string of the molecule is C[C@@H](NCCCCc1cccc(N2CC(=S)NC2=O)n1)c1ccc(F)c(OCC2CC2)c1. The number of halogens is 1. The van der Waals surface area contributed by atoms with Crippen LogP contribution in [0.1, 0.15) is 49.9 Å². The third-order valence-corrected chi connectivity index (χ3v) is 6.03. The first-order chi connectivity index (χ1) is 15.5. The van der Waals surface area contributed by atoms with E-state index in [2.05, 4.69) is 22.5 Å². The molecule has 2 fully saturated rings. The summed E-state index contributed by atoms with van der Waals surface area (Å²) < 4.78 is 19.7.